The topological polar surface area (TPSA) is 22.4 Å². The van der Waals surface area contributed by atoms with Crippen LogP contribution in [0.2, 0.25) is 0 Å². The lowest BCUT2D eigenvalue weighted by molar-refractivity contribution is -0.137. The van der Waals surface area contributed by atoms with E-state index in [1.54, 1.807) is 18.2 Å². The van der Waals surface area contributed by atoms with E-state index < -0.39 is 17.6 Å². The van der Waals surface area contributed by atoms with Gasteiger partial charge in [0, 0.05) is 5.39 Å². The first-order valence-electron chi connectivity index (χ1n) is 6.40. The molecule has 0 aliphatic carbocycles. The average molecular weight is 310 g/mol. The standard InChI is InChI=1S/C16H10F4O2/c17-14-3-1-2-10-8-13(22-15(10)14)9-21-12-6-4-11(5-7-12)16(18,19)20/h1-8H,9H2. The molecule has 2 nitrogen and oxygen atoms in total. The number of rotatable bonds is 3. The minimum absolute atomic E-state index is 0.000511. The molecule has 6 heteroatoms. The van der Waals surface area contributed by atoms with E-state index in [4.69, 9.17) is 9.15 Å². The highest BCUT2D eigenvalue weighted by molar-refractivity contribution is 5.78. The van der Waals surface area contributed by atoms with Gasteiger partial charge in [-0.2, -0.15) is 13.2 Å². The second-order valence-electron chi connectivity index (χ2n) is 4.68. The second-order valence-corrected chi connectivity index (χ2v) is 4.68. The fourth-order valence-electron chi connectivity index (χ4n) is 2.05. The average Bonchev–Trinajstić information content (AvgIpc) is 2.89. The molecule has 0 amide bonds. The molecule has 0 radical (unpaired) electrons. The van der Waals surface area contributed by atoms with Gasteiger partial charge in [0.05, 0.1) is 5.56 Å². The Morgan fingerprint density at radius 1 is 1.00 bits per heavy atom. The molecule has 0 spiro atoms. The Kier molecular flexibility index (Phi) is 3.52. The van der Waals surface area contributed by atoms with Gasteiger partial charge in [0.15, 0.2) is 11.4 Å². The van der Waals surface area contributed by atoms with Crippen LogP contribution in [0.25, 0.3) is 11.0 Å². The van der Waals surface area contributed by atoms with E-state index in [0.717, 1.165) is 12.1 Å². The summed E-state index contributed by atoms with van der Waals surface area (Å²) < 4.78 is 61.4. The Morgan fingerprint density at radius 2 is 1.73 bits per heavy atom. The van der Waals surface area contributed by atoms with Crippen molar-refractivity contribution in [2.45, 2.75) is 12.8 Å². The van der Waals surface area contributed by atoms with Crippen molar-refractivity contribution in [3.8, 4) is 5.75 Å². The normalized spacial score (nSPS) is 11.8. The van der Waals surface area contributed by atoms with Gasteiger partial charge in [-0.1, -0.05) is 12.1 Å². The number of benzene rings is 2. The van der Waals surface area contributed by atoms with Crippen LogP contribution in [0.4, 0.5) is 17.6 Å². The Balaban J connectivity index is 1.72. The van der Waals surface area contributed by atoms with Crippen molar-refractivity contribution in [3.05, 3.63) is 65.7 Å². The fraction of sp³-hybridized carbons (Fsp3) is 0.125. The van der Waals surface area contributed by atoms with Crippen LogP contribution in [-0.2, 0) is 12.8 Å². The van der Waals surface area contributed by atoms with Gasteiger partial charge in [0.1, 0.15) is 18.1 Å². The van der Waals surface area contributed by atoms with Gasteiger partial charge < -0.3 is 9.15 Å². The number of para-hydroxylation sites is 1. The molecule has 3 rings (SSSR count). The number of fused-ring (bicyclic) bond motifs is 1. The summed E-state index contributed by atoms with van der Waals surface area (Å²) in [6.07, 6.45) is -4.38. The molecule has 114 valence electrons. The number of hydrogen-bond acceptors (Lipinski definition) is 2. The monoisotopic (exact) mass is 310 g/mol. The summed E-state index contributed by atoms with van der Waals surface area (Å²) in [5.41, 5.74) is -0.612. The Bertz CT molecular complexity index is 788. The lowest BCUT2D eigenvalue weighted by atomic mass is 10.2. The van der Waals surface area contributed by atoms with Crippen LogP contribution in [0.15, 0.2) is 52.9 Å². The van der Waals surface area contributed by atoms with Crippen LogP contribution in [0.3, 0.4) is 0 Å². The highest BCUT2D eigenvalue weighted by atomic mass is 19.4. The predicted octanol–water partition coefficient (Wildman–Crippen LogP) is 5.17. The molecule has 1 heterocycles. The van der Waals surface area contributed by atoms with Crippen LogP contribution in [0.1, 0.15) is 11.3 Å². The summed E-state index contributed by atoms with van der Waals surface area (Å²) >= 11 is 0. The Labute approximate surface area is 122 Å². The van der Waals surface area contributed by atoms with Crippen LogP contribution in [-0.4, -0.2) is 0 Å². The predicted molar refractivity (Wildman–Crippen MR) is 71.9 cm³/mol. The zero-order valence-electron chi connectivity index (χ0n) is 11.2. The Hall–Kier alpha value is -2.50. The first-order valence-corrected chi connectivity index (χ1v) is 6.40. The summed E-state index contributed by atoms with van der Waals surface area (Å²) in [6, 6.07) is 10.5. The van der Waals surface area contributed by atoms with Gasteiger partial charge >= 0.3 is 6.18 Å². The summed E-state index contributed by atoms with van der Waals surface area (Å²) in [6.45, 7) is -0.000511. The molecule has 0 unspecified atom stereocenters. The molecule has 1 aromatic heterocycles. The first kappa shape index (κ1) is 14.4. The molecule has 3 aromatic rings. The third-order valence-electron chi connectivity index (χ3n) is 3.11. The lowest BCUT2D eigenvalue weighted by Gasteiger charge is -2.08. The Morgan fingerprint density at radius 3 is 2.36 bits per heavy atom. The second kappa shape index (κ2) is 5.36. The van der Waals surface area contributed by atoms with E-state index in [-0.39, 0.29) is 17.9 Å². The largest absolute Gasteiger partial charge is 0.486 e. The van der Waals surface area contributed by atoms with E-state index in [1.807, 2.05) is 0 Å². The number of furan rings is 1. The molecule has 0 bridgehead atoms. The molecule has 0 aliphatic heterocycles. The maximum Gasteiger partial charge on any atom is 0.416 e. The number of halogens is 4. The van der Waals surface area contributed by atoms with Crippen molar-refractivity contribution in [1.29, 1.82) is 0 Å². The van der Waals surface area contributed by atoms with Crippen LogP contribution in [0.5, 0.6) is 5.75 Å². The minimum Gasteiger partial charge on any atom is -0.486 e. The minimum atomic E-state index is -4.38. The third kappa shape index (κ3) is 2.90. The van der Waals surface area contributed by atoms with E-state index in [0.29, 0.717) is 11.1 Å². The smallest absolute Gasteiger partial charge is 0.416 e. The fourth-order valence-corrected chi connectivity index (χ4v) is 2.05. The maximum atomic E-state index is 13.5. The maximum absolute atomic E-state index is 13.5. The molecule has 0 atom stereocenters. The number of ether oxygens (including phenoxy) is 1. The zero-order chi connectivity index (χ0) is 15.7. The van der Waals surface area contributed by atoms with Gasteiger partial charge in [0.2, 0.25) is 0 Å². The van der Waals surface area contributed by atoms with Crippen LogP contribution in [0, 0.1) is 5.82 Å². The molecule has 0 aliphatic rings. The van der Waals surface area contributed by atoms with Gasteiger partial charge in [0.25, 0.3) is 0 Å². The lowest BCUT2D eigenvalue weighted by Crippen LogP contribution is -2.04. The zero-order valence-corrected chi connectivity index (χ0v) is 11.2. The van der Waals surface area contributed by atoms with Crippen molar-refractivity contribution in [1.82, 2.24) is 0 Å². The molecule has 0 saturated heterocycles. The van der Waals surface area contributed by atoms with Crippen LogP contribution >= 0.6 is 0 Å². The van der Waals surface area contributed by atoms with Crippen molar-refractivity contribution < 1.29 is 26.7 Å². The summed E-state index contributed by atoms with van der Waals surface area (Å²) in [5, 5.41) is 0.603. The van der Waals surface area contributed by atoms with Gasteiger partial charge in [-0.15, -0.1) is 0 Å². The molecule has 0 fully saturated rings. The van der Waals surface area contributed by atoms with Crippen LogP contribution < -0.4 is 4.74 Å². The molecule has 0 N–H and O–H groups in total. The van der Waals surface area contributed by atoms with Crippen molar-refractivity contribution >= 4 is 11.0 Å². The quantitative estimate of drug-likeness (QED) is 0.623. The number of alkyl halides is 3. The van der Waals surface area contributed by atoms with E-state index in [9.17, 15) is 17.6 Å². The molecule has 22 heavy (non-hydrogen) atoms. The highest BCUT2D eigenvalue weighted by Gasteiger charge is 2.30. The first-order chi connectivity index (χ1) is 10.4. The molecule has 0 saturated carbocycles. The van der Waals surface area contributed by atoms with Gasteiger partial charge in [-0.25, -0.2) is 4.39 Å². The van der Waals surface area contributed by atoms with Crippen molar-refractivity contribution in [2.24, 2.45) is 0 Å². The summed E-state index contributed by atoms with van der Waals surface area (Å²) in [4.78, 5) is 0. The molecular formula is C16H10F4O2. The van der Waals surface area contributed by atoms with Crippen molar-refractivity contribution in [3.63, 3.8) is 0 Å². The van der Waals surface area contributed by atoms with Gasteiger partial charge in [-0.3, -0.25) is 0 Å². The summed E-state index contributed by atoms with van der Waals surface area (Å²) in [7, 11) is 0. The molecular weight excluding hydrogens is 300 g/mol. The van der Waals surface area contributed by atoms with Gasteiger partial charge in [-0.05, 0) is 36.4 Å². The molecule has 2 aromatic carbocycles. The number of hydrogen-bond donors (Lipinski definition) is 0. The SMILES string of the molecule is Fc1cccc2cc(COc3ccc(C(F)(F)F)cc3)oc12. The third-order valence-corrected chi connectivity index (χ3v) is 3.11. The van der Waals surface area contributed by atoms with E-state index in [2.05, 4.69) is 0 Å². The van der Waals surface area contributed by atoms with E-state index in [1.165, 1.54) is 18.2 Å². The van der Waals surface area contributed by atoms with E-state index >= 15 is 0 Å². The van der Waals surface area contributed by atoms with Crippen molar-refractivity contribution in [2.75, 3.05) is 0 Å². The highest BCUT2D eigenvalue weighted by Crippen LogP contribution is 2.30. The summed E-state index contributed by atoms with van der Waals surface area (Å²) in [5.74, 6) is 0.187.